The Kier molecular flexibility index (Phi) is 5.31. The first-order valence-electron chi connectivity index (χ1n) is 5.55. The average Bonchev–Trinajstić information content (AvgIpc) is 2.81. The molecule has 7 heteroatoms. The fraction of sp³-hybridized carbons (Fsp3) is 0.231. The highest BCUT2D eigenvalue weighted by atomic mass is 19.3. The van der Waals surface area contributed by atoms with E-state index in [-0.39, 0.29) is 12.2 Å². The lowest BCUT2D eigenvalue weighted by atomic mass is 10.2. The van der Waals surface area contributed by atoms with Gasteiger partial charge in [-0.1, -0.05) is 12.7 Å². The topological polar surface area (TPSA) is 54.6 Å². The summed E-state index contributed by atoms with van der Waals surface area (Å²) in [7, 11) is 1.25. The van der Waals surface area contributed by atoms with Crippen LogP contribution in [0.5, 0.6) is 0 Å². The Labute approximate surface area is 113 Å². The molecule has 1 rings (SSSR count). The predicted molar refractivity (Wildman–Crippen MR) is 69.1 cm³/mol. The molecule has 0 fully saturated rings. The standard InChI is InChI=1S/C13H13F3N2O2/c1-3-8(4-11(14)17-2)6-18-7-9(12(15)16)5-10(18)13(19)20/h3-5,7,12H,1,6H2,2H3,(H,19,20)/b8-4+,17-11?. The monoisotopic (exact) mass is 286 g/mol. The third-order valence-corrected chi connectivity index (χ3v) is 2.52. The van der Waals surface area contributed by atoms with Crippen molar-refractivity contribution in [1.29, 1.82) is 0 Å². The molecule has 0 bridgehead atoms. The summed E-state index contributed by atoms with van der Waals surface area (Å²) < 4.78 is 39.3. The number of aromatic carboxylic acids is 1. The number of hydrogen-bond donors (Lipinski definition) is 1. The van der Waals surface area contributed by atoms with Crippen molar-refractivity contribution in [1.82, 2.24) is 4.57 Å². The third-order valence-electron chi connectivity index (χ3n) is 2.52. The lowest BCUT2D eigenvalue weighted by Gasteiger charge is -2.06. The van der Waals surface area contributed by atoms with Gasteiger partial charge in [0.2, 0.25) is 5.97 Å². The third kappa shape index (κ3) is 3.84. The number of carboxylic acids is 1. The van der Waals surface area contributed by atoms with E-state index in [0.717, 1.165) is 22.9 Å². The highest BCUT2D eigenvalue weighted by molar-refractivity contribution is 5.88. The first-order chi connectivity index (χ1) is 9.38. The Bertz CT molecular complexity index is 574. The second-order valence-electron chi connectivity index (χ2n) is 3.86. The summed E-state index contributed by atoms with van der Waals surface area (Å²) in [6.07, 6.45) is 0.602. The van der Waals surface area contributed by atoms with Gasteiger partial charge in [-0.3, -0.25) is 4.99 Å². The van der Waals surface area contributed by atoms with E-state index in [1.54, 1.807) is 0 Å². The number of aromatic nitrogens is 1. The minimum atomic E-state index is -2.78. The van der Waals surface area contributed by atoms with E-state index in [9.17, 15) is 18.0 Å². The van der Waals surface area contributed by atoms with Crippen molar-refractivity contribution in [2.45, 2.75) is 13.0 Å². The molecule has 20 heavy (non-hydrogen) atoms. The summed E-state index contributed by atoms with van der Waals surface area (Å²) in [5, 5.41) is 8.97. The molecule has 4 nitrogen and oxygen atoms in total. The van der Waals surface area contributed by atoms with Crippen LogP contribution in [0.3, 0.4) is 0 Å². The molecule has 108 valence electrons. The molecule has 0 aliphatic heterocycles. The van der Waals surface area contributed by atoms with E-state index < -0.39 is 23.9 Å². The number of nitrogens with zero attached hydrogens (tertiary/aromatic N) is 2. The van der Waals surface area contributed by atoms with E-state index in [1.807, 2.05) is 0 Å². The van der Waals surface area contributed by atoms with Crippen molar-refractivity contribution in [3.63, 3.8) is 0 Å². The Balaban J connectivity index is 3.15. The zero-order chi connectivity index (χ0) is 15.3. The number of halogens is 3. The number of rotatable bonds is 6. The second-order valence-corrected chi connectivity index (χ2v) is 3.86. The molecule has 0 aliphatic rings. The van der Waals surface area contributed by atoms with E-state index in [2.05, 4.69) is 11.6 Å². The van der Waals surface area contributed by atoms with E-state index in [1.165, 1.54) is 13.1 Å². The van der Waals surface area contributed by atoms with Gasteiger partial charge in [-0.15, -0.1) is 0 Å². The van der Waals surface area contributed by atoms with Gasteiger partial charge in [0.25, 0.3) is 6.43 Å². The highest BCUT2D eigenvalue weighted by Gasteiger charge is 2.17. The van der Waals surface area contributed by atoms with Crippen molar-refractivity contribution < 1.29 is 23.1 Å². The van der Waals surface area contributed by atoms with Crippen LogP contribution in [0, 0.1) is 0 Å². The summed E-state index contributed by atoms with van der Waals surface area (Å²) in [5.41, 5.74) is -0.399. The molecule has 0 saturated carbocycles. The normalized spacial score (nSPS) is 12.8. The van der Waals surface area contributed by atoms with Crippen LogP contribution in [0.2, 0.25) is 0 Å². The van der Waals surface area contributed by atoms with Crippen molar-refractivity contribution >= 4 is 11.9 Å². The van der Waals surface area contributed by atoms with Crippen molar-refractivity contribution in [2.75, 3.05) is 7.05 Å². The number of aliphatic imine (C=N–C) groups is 1. The minimum absolute atomic E-state index is 0.0964. The number of alkyl halides is 2. The number of hydrogen-bond acceptors (Lipinski definition) is 2. The fourth-order valence-corrected chi connectivity index (χ4v) is 1.55. The molecule has 0 atom stereocenters. The molecule has 0 unspecified atom stereocenters. The van der Waals surface area contributed by atoms with E-state index in [4.69, 9.17) is 5.11 Å². The van der Waals surface area contributed by atoms with Gasteiger partial charge in [0.05, 0.1) is 0 Å². The lowest BCUT2D eigenvalue weighted by Crippen LogP contribution is -2.09. The molecule has 0 aliphatic carbocycles. The molecule has 0 saturated heterocycles. The zero-order valence-corrected chi connectivity index (χ0v) is 10.7. The molecule has 1 aromatic rings. The van der Waals surface area contributed by atoms with Crippen LogP contribution in [0.1, 0.15) is 22.5 Å². The Morgan fingerprint density at radius 3 is 2.70 bits per heavy atom. The quantitative estimate of drug-likeness (QED) is 0.644. The van der Waals surface area contributed by atoms with Crippen molar-refractivity contribution in [3.8, 4) is 0 Å². The van der Waals surface area contributed by atoms with E-state index >= 15 is 0 Å². The number of carboxylic acid groups (broad SMARTS) is 1. The fourth-order valence-electron chi connectivity index (χ4n) is 1.55. The van der Waals surface area contributed by atoms with Crippen LogP contribution in [-0.4, -0.2) is 28.7 Å². The molecule has 1 aromatic heterocycles. The van der Waals surface area contributed by atoms with Gasteiger partial charge >= 0.3 is 5.97 Å². The average molecular weight is 286 g/mol. The maximum absolute atomic E-state index is 13.0. The largest absolute Gasteiger partial charge is 0.477 e. The van der Waals surface area contributed by atoms with Crippen molar-refractivity contribution in [3.05, 3.63) is 47.8 Å². The van der Waals surface area contributed by atoms with Gasteiger partial charge in [-0.2, -0.15) is 4.39 Å². The predicted octanol–water partition coefficient (Wildman–Crippen LogP) is 3.23. The molecule has 1 heterocycles. The van der Waals surface area contributed by atoms with Crippen LogP contribution in [-0.2, 0) is 6.54 Å². The summed E-state index contributed by atoms with van der Waals surface area (Å²) in [4.78, 5) is 14.3. The first-order valence-corrected chi connectivity index (χ1v) is 5.55. The summed E-state index contributed by atoms with van der Waals surface area (Å²) >= 11 is 0. The molecule has 1 N–H and O–H groups in total. The van der Waals surface area contributed by atoms with Crippen LogP contribution in [0.15, 0.2) is 41.6 Å². The van der Waals surface area contributed by atoms with Crippen LogP contribution < -0.4 is 0 Å². The van der Waals surface area contributed by atoms with E-state index in [0.29, 0.717) is 5.57 Å². The molecule has 0 spiro atoms. The minimum Gasteiger partial charge on any atom is -0.477 e. The van der Waals surface area contributed by atoms with Crippen LogP contribution in [0.4, 0.5) is 13.2 Å². The second kappa shape index (κ2) is 6.74. The zero-order valence-electron chi connectivity index (χ0n) is 10.7. The Morgan fingerprint density at radius 1 is 1.60 bits per heavy atom. The highest BCUT2D eigenvalue weighted by Crippen LogP contribution is 2.22. The summed E-state index contributed by atoms with van der Waals surface area (Å²) in [5.74, 6) is -2.11. The molecule has 0 amide bonds. The summed E-state index contributed by atoms with van der Waals surface area (Å²) in [6.45, 7) is 3.37. The Hall–Kier alpha value is -2.31. The SMILES string of the molecule is C=C/C(=C\C(F)=NC)Cn1cc(C(F)F)cc1C(=O)O. The lowest BCUT2D eigenvalue weighted by molar-refractivity contribution is 0.0685. The van der Waals surface area contributed by atoms with Gasteiger partial charge in [-0.25, -0.2) is 13.6 Å². The van der Waals surface area contributed by atoms with Crippen LogP contribution in [0.25, 0.3) is 0 Å². The molecular weight excluding hydrogens is 273 g/mol. The number of allylic oxidation sites excluding steroid dienone is 3. The number of carbonyl (C=O) groups is 1. The maximum atomic E-state index is 13.0. The van der Waals surface area contributed by atoms with Gasteiger partial charge in [0.15, 0.2) is 0 Å². The maximum Gasteiger partial charge on any atom is 0.352 e. The van der Waals surface area contributed by atoms with Crippen LogP contribution >= 0.6 is 0 Å². The molecule has 0 radical (unpaired) electrons. The van der Waals surface area contributed by atoms with Gasteiger partial charge < -0.3 is 9.67 Å². The molecular formula is C13H13F3N2O2. The Morgan fingerprint density at radius 2 is 2.25 bits per heavy atom. The first kappa shape index (κ1) is 15.7. The van der Waals surface area contributed by atoms with Crippen molar-refractivity contribution in [2.24, 2.45) is 4.99 Å². The van der Waals surface area contributed by atoms with Gasteiger partial charge in [0.1, 0.15) is 5.69 Å². The summed E-state index contributed by atoms with van der Waals surface area (Å²) in [6, 6.07) is 0.887. The smallest absolute Gasteiger partial charge is 0.352 e. The van der Waals surface area contributed by atoms with Gasteiger partial charge in [0, 0.05) is 25.4 Å². The molecule has 0 aromatic carbocycles. The van der Waals surface area contributed by atoms with Gasteiger partial charge in [-0.05, 0) is 17.7 Å².